The number of anilines is 2. The lowest BCUT2D eigenvalue weighted by atomic mass is 10.1. The SMILES string of the molecule is CC(C(=O)Nc1ccc2c(c1)N(Cc1ccc(Br)cc1)C(=O)CO2)N1C(=O)c2ccccc2C1=O. The smallest absolute Gasteiger partial charge is 0.265 e. The van der Waals surface area contributed by atoms with Gasteiger partial charge in [-0.2, -0.15) is 0 Å². The van der Waals surface area contributed by atoms with E-state index in [0.29, 0.717) is 23.7 Å². The van der Waals surface area contributed by atoms with Gasteiger partial charge in [-0.05, 0) is 55.0 Å². The summed E-state index contributed by atoms with van der Waals surface area (Å²) in [5, 5.41) is 2.76. The molecule has 2 aliphatic rings. The third-order valence-electron chi connectivity index (χ3n) is 6.02. The van der Waals surface area contributed by atoms with Gasteiger partial charge < -0.3 is 15.0 Å². The third-order valence-corrected chi connectivity index (χ3v) is 6.54. The molecule has 0 aromatic heterocycles. The summed E-state index contributed by atoms with van der Waals surface area (Å²) in [7, 11) is 0. The standard InChI is InChI=1S/C26H20BrN3O5/c1-15(30-25(33)19-4-2-3-5-20(19)26(30)34)24(32)28-18-10-11-22-21(12-18)29(23(31)14-35-22)13-16-6-8-17(27)9-7-16/h2-12,15H,13-14H2,1H3,(H,28,32). The first kappa shape index (κ1) is 22.8. The molecule has 2 heterocycles. The van der Waals surface area contributed by atoms with E-state index in [4.69, 9.17) is 4.74 Å². The molecule has 1 N–H and O–H groups in total. The number of fused-ring (bicyclic) bond motifs is 2. The van der Waals surface area contributed by atoms with Gasteiger partial charge in [-0.15, -0.1) is 0 Å². The van der Waals surface area contributed by atoms with Gasteiger partial charge in [-0.3, -0.25) is 24.1 Å². The predicted molar refractivity (Wildman–Crippen MR) is 132 cm³/mol. The van der Waals surface area contributed by atoms with Crippen molar-refractivity contribution in [3.05, 3.63) is 87.9 Å². The van der Waals surface area contributed by atoms with Crippen LogP contribution in [0.2, 0.25) is 0 Å². The van der Waals surface area contributed by atoms with E-state index in [1.165, 1.54) is 6.92 Å². The fourth-order valence-corrected chi connectivity index (χ4v) is 4.41. The molecule has 4 amide bonds. The maximum atomic E-state index is 13.0. The lowest BCUT2D eigenvalue weighted by Crippen LogP contribution is -2.45. The van der Waals surface area contributed by atoms with E-state index in [9.17, 15) is 19.2 Å². The topological polar surface area (TPSA) is 96.0 Å². The van der Waals surface area contributed by atoms with Crippen LogP contribution in [0.1, 0.15) is 33.2 Å². The largest absolute Gasteiger partial charge is 0.482 e. The van der Waals surface area contributed by atoms with Crippen LogP contribution in [0.15, 0.2) is 71.2 Å². The zero-order valence-corrected chi connectivity index (χ0v) is 20.2. The average Bonchev–Trinajstić information content (AvgIpc) is 3.11. The highest BCUT2D eigenvalue weighted by Crippen LogP contribution is 2.36. The highest BCUT2D eigenvalue weighted by Gasteiger charge is 2.40. The second-order valence-electron chi connectivity index (χ2n) is 8.27. The van der Waals surface area contributed by atoms with Crippen molar-refractivity contribution >= 4 is 50.9 Å². The summed E-state index contributed by atoms with van der Waals surface area (Å²) in [5.41, 5.74) is 2.44. The molecule has 0 saturated heterocycles. The number of amides is 4. The summed E-state index contributed by atoms with van der Waals surface area (Å²) in [4.78, 5) is 53.7. The zero-order valence-electron chi connectivity index (χ0n) is 18.7. The number of nitrogens with one attached hydrogen (secondary N) is 1. The van der Waals surface area contributed by atoms with E-state index in [1.54, 1.807) is 47.4 Å². The fourth-order valence-electron chi connectivity index (χ4n) is 4.15. The van der Waals surface area contributed by atoms with Gasteiger partial charge in [0.1, 0.15) is 11.8 Å². The molecule has 3 aromatic carbocycles. The summed E-state index contributed by atoms with van der Waals surface area (Å²) in [6, 6.07) is 18.1. The van der Waals surface area contributed by atoms with Gasteiger partial charge in [0.15, 0.2) is 6.61 Å². The van der Waals surface area contributed by atoms with Crippen molar-refractivity contribution < 1.29 is 23.9 Å². The molecule has 176 valence electrons. The average molecular weight is 534 g/mol. The molecule has 0 saturated carbocycles. The highest BCUT2D eigenvalue weighted by molar-refractivity contribution is 9.10. The van der Waals surface area contributed by atoms with Crippen LogP contribution in [-0.2, 0) is 16.1 Å². The van der Waals surface area contributed by atoms with Crippen molar-refractivity contribution in [2.24, 2.45) is 0 Å². The highest BCUT2D eigenvalue weighted by atomic mass is 79.9. The van der Waals surface area contributed by atoms with E-state index in [1.807, 2.05) is 24.3 Å². The minimum Gasteiger partial charge on any atom is -0.482 e. The minimum atomic E-state index is -1.03. The number of carbonyl (C=O) groups is 4. The zero-order chi connectivity index (χ0) is 24.7. The quantitative estimate of drug-likeness (QED) is 0.500. The van der Waals surface area contributed by atoms with Gasteiger partial charge in [0.25, 0.3) is 17.7 Å². The molecule has 0 fully saturated rings. The Morgan fingerprint density at radius 2 is 1.66 bits per heavy atom. The molecule has 1 unspecified atom stereocenters. The summed E-state index contributed by atoms with van der Waals surface area (Å²) in [6.07, 6.45) is 0. The first-order valence-corrected chi connectivity index (χ1v) is 11.7. The second-order valence-corrected chi connectivity index (χ2v) is 9.18. The molecule has 8 nitrogen and oxygen atoms in total. The lowest BCUT2D eigenvalue weighted by Gasteiger charge is -2.30. The summed E-state index contributed by atoms with van der Waals surface area (Å²) in [5.74, 6) is -1.21. The second kappa shape index (κ2) is 8.99. The van der Waals surface area contributed by atoms with Crippen LogP contribution in [-0.4, -0.2) is 41.2 Å². The Kier molecular flexibility index (Phi) is 5.86. The normalized spacial score (nSPS) is 15.4. The van der Waals surface area contributed by atoms with Crippen molar-refractivity contribution in [1.29, 1.82) is 0 Å². The Bertz CT molecular complexity index is 1340. The molecule has 0 spiro atoms. The predicted octanol–water partition coefficient (Wildman–Crippen LogP) is 4.00. The summed E-state index contributed by atoms with van der Waals surface area (Å²) < 4.78 is 6.50. The minimum absolute atomic E-state index is 0.0774. The lowest BCUT2D eigenvalue weighted by molar-refractivity contribution is -0.121. The van der Waals surface area contributed by atoms with E-state index in [-0.39, 0.29) is 23.6 Å². The molecular weight excluding hydrogens is 514 g/mol. The number of halogens is 1. The summed E-state index contributed by atoms with van der Waals surface area (Å²) in [6.45, 7) is 1.76. The molecule has 2 aliphatic heterocycles. The van der Waals surface area contributed by atoms with Gasteiger partial charge in [-0.25, -0.2) is 0 Å². The molecule has 9 heteroatoms. The van der Waals surface area contributed by atoms with Crippen LogP contribution in [0.5, 0.6) is 5.75 Å². The maximum Gasteiger partial charge on any atom is 0.265 e. The van der Waals surface area contributed by atoms with E-state index < -0.39 is 23.8 Å². The molecule has 35 heavy (non-hydrogen) atoms. The number of hydrogen-bond acceptors (Lipinski definition) is 5. The first-order valence-electron chi connectivity index (χ1n) is 10.9. The molecule has 1 atom stereocenters. The Labute approximate surface area is 209 Å². The number of rotatable bonds is 5. The van der Waals surface area contributed by atoms with Crippen molar-refractivity contribution in [1.82, 2.24) is 4.90 Å². The van der Waals surface area contributed by atoms with Crippen LogP contribution in [0.4, 0.5) is 11.4 Å². The number of carbonyl (C=O) groups excluding carboxylic acids is 4. The Morgan fingerprint density at radius 1 is 1.00 bits per heavy atom. The van der Waals surface area contributed by atoms with Crippen LogP contribution in [0.3, 0.4) is 0 Å². The van der Waals surface area contributed by atoms with Crippen molar-refractivity contribution in [3.63, 3.8) is 0 Å². The fraction of sp³-hybridized carbons (Fsp3) is 0.154. The third kappa shape index (κ3) is 4.19. The maximum absolute atomic E-state index is 13.0. The van der Waals surface area contributed by atoms with Crippen LogP contribution in [0, 0.1) is 0 Å². The molecular formula is C26H20BrN3O5. The number of hydrogen-bond donors (Lipinski definition) is 1. The number of nitrogens with zero attached hydrogens (tertiary/aromatic N) is 2. The van der Waals surface area contributed by atoms with E-state index in [0.717, 1.165) is 14.9 Å². The van der Waals surface area contributed by atoms with E-state index >= 15 is 0 Å². The molecule has 0 aliphatic carbocycles. The van der Waals surface area contributed by atoms with Gasteiger partial charge >= 0.3 is 0 Å². The van der Waals surface area contributed by atoms with Crippen molar-refractivity contribution in [3.8, 4) is 5.75 Å². The van der Waals surface area contributed by atoms with Gasteiger partial charge in [-0.1, -0.05) is 40.2 Å². The molecule has 3 aromatic rings. The first-order chi connectivity index (χ1) is 16.8. The van der Waals surface area contributed by atoms with Crippen LogP contribution < -0.4 is 15.0 Å². The van der Waals surface area contributed by atoms with Crippen molar-refractivity contribution in [2.75, 3.05) is 16.8 Å². The van der Waals surface area contributed by atoms with E-state index in [2.05, 4.69) is 21.2 Å². The molecule has 5 rings (SSSR count). The number of imide groups is 1. The number of ether oxygens (including phenoxy) is 1. The van der Waals surface area contributed by atoms with Crippen molar-refractivity contribution in [2.45, 2.75) is 19.5 Å². The van der Waals surface area contributed by atoms with Crippen LogP contribution in [0.25, 0.3) is 0 Å². The summed E-state index contributed by atoms with van der Waals surface area (Å²) >= 11 is 3.41. The van der Waals surface area contributed by atoms with Gasteiger partial charge in [0.2, 0.25) is 5.91 Å². The Morgan fingerprint density at radius 3 is 2.31 bits per heavy atom. The van der Waals surface area contributed by atoms with Gasteiger partial charge in [0.05, 0.1) is 23.4 Å². The van der Waals surface area contributed by atoms with Gasteiger partial charge in [0, 0.05) is 10.2 Å². The Hall–Kier alpha value is -3.98. The monoisotopic (exact) mass is 533 g/mol. The van der Waals surface area contributed by atoms with Crippen LogP contribution >= 0.6 is 15.9 Å². The molecule has 0 bridgehead atoms. The number of benzene rings is 3. The Balaban J connectivity index is 1.36. The molecule has 0 radical (unpaired) electrons.